The number of thioether (sulfide) groups is 1. The van der Waals surface area contributed by atoms with Gasteiger partial charge in [-0.2, -0.15) is 0 Å². The molecule has 0 bridgehead atoms. The molecule has 1 aromatic carbocycles. The van der Waals surface area contributed by atoms with Gasteiger partial charge < -0.3 is 5.73 Å². The van der Waals surface area contributed by atoms with E-state index in [-0.39, 0.29) is 11.9 Å². The Labute approximate surface area is 101 Å². The molecule has 88 valence electrons. The maximum absolute atomic E-state index is 13.8. The zero-order valence-corrected chi connectivity index (χ0v) is 10.4. The third kappa shape index (κ3) is 2.77. The fourth-order valence-corrected chi connectivity index (χ4v) is 3.33. The second-order valence-electron chi connectivity index (χ2n) is 4.50. The Kier molecular flexibility index (Phi) is 3.87. The number of hydrogen-bond donors (Lipinski definition) is 1. The normalized spacial score (nSPS) is 18.9. The monoisotopic (exact) mass is 239 g/mol. The SMILES string of the molecule is CC(N)c1ccc(SC2CCCC2)c(F)c1. The Balaban J connectivity index is 2.09. The van der Waals surface area contributed by atoms with Crippen molar-refractivity contribution >= 4 is 11.8 Å². The van der Waals surface area contributed by atoms with E-state index in [1.165, 1.54) is 25.7 Å². The Bertz CT molecular complexity index is 359. The molecule has 0 spiro atoms. The largest absolute Gasteiger partial charge is 0.324 e. The molecular formula is C13H18FNS. The Morgan fingerprint density at radius 3 is 2.62 bits per heavy atom. The molecule has 1 aliphatic rings. The van der Waals surface area contributed by atoms with Crippen molar-refractivity contribution in [2.75, 3.05) is 0 Å². The van der Waals surface area contributed by atoms with Gasteiger partial charge in [-0.05, 0) is 37.5 Å². The van der Waals surface area contributed by atoms with Gasteiger partial charge in [0.15, 0.2) is 0 Å². The van der Waals surface area contributed by atoms with Crippen molar-refractivity contribution in [1.82, 2.24) is 0 Å². The maximum Gasteiger partial charge on any atom is 0.137 e. The fraction of sp³-hybridized carbons (Fsp3) is 0.538. The van der Waals surface area contributed by atoms with Gasteiger partial charge in [0.25, 0.3) is 0 Å². The van der Waals surface area contributed by atoms with Crippen LogP contribution >= 0.6 is 11.8 Å². The van der Waals surface area contributed by atoms with E-state index in [2.05, 4.69) is 0 Å². The number of hydrogen-bond acceptors (Lipinski definition) is 2. The van der Waals surface area contributed by atoms with Crippen LogP contribution in [0.2, 0.25) is 0 Å². The Hall–Kier alpha value is -0.540. The number of rotatable bonds is 3. The highest BCUT2D eigenvalue weighted by Gasteiger charge is 2.18. The Morgan fingerprint density at radius 2 is 2.06 bits per heavy atom. The van der Waals surface area contributed by atoms with Gasteiger partial charge in [0, 0.05) is 16.2 Å². The first-order valence-electron chi connectivity index (χ1n) is 5.88. The summed E-state index contributed by atoms with van der Waals surface area (Å²) in [6.45, 7) is 1.87. The van der Waals surface area contributed by atoms with Crippen LogP contribution in [-0.2, 0) is 0 Å². The molecule has 16 heavy (non-hydrogen) atoms. The molecule has 0 amide bonds. The first-order chi connectivity index (χ1) is 7.66. The van der Waals surface area contributed by atoms with Gasteiger partial charge in [0.05, 0.1) is 0 Å². The first-order valence-corrected chi connectivity index (χ1v) is 6.76. The van der Waals surface area contributed by atoms with Gasteiger partial charge in [-0.15, -0.1) is 11.8 Å². The van der Waals surface area contributed by atoms with Gasteiger partial charge in [-0.25, -0.2) is 4.39 Å². The van der Waals surface area contributed by atoms with Gasteiger partial charge in [-0.1, -0.05) is 18.9 Å². The van der Waals surface area contributed by atoms with E-state index in [1.807, 2.05) is 19.1 Å². The molecule has 2 N–H and O–H groups in total. The summed E-state index contributed by atoms with van der Waals surface area (Å²) in [6.07, 6.45) is 5.02. The lowest BCUT2D eigenvalue weighted by molar-refractivity contribution is 0.596. The van der Waals surface area contributed by atoms with Crippen molar-refractivity contribution in [2.45, 2.75) is 48.8 Å². The first kappa shape index (κ1) is 11.9. The van der Waals surface area contributed by atoms with E-state index in [0.29, 0.717) is 5.25 Å². The highest BCUT2D eigenvalue weighted by atomic mass is 32.2. The number of halogens is 1. The molecule has 1 aliphatic carbocycles. The topological polar surface area (TPSA) is 26.0 Å². The molecule has 1 nitrogen and oxygen atoms in total. The average Bonchev–Trinajstić information content (AvgIpc) is 2.73. The van der Waals surface area contributed by atoms with Crippen LogP contribution in [0.25, 0.3) is 0 Å². The minimum atomic E-state index is -0.119. The van der Waals surface area contributed by atoms with Crippen molar-refractivity contribution in [3.63, 3.8) is 0 Å². The molecule has 1 unspecified atom stereocenters. The predicted molar refractivity (Wildman–Crippen MR) is 67.1 cm³/mol. The second-order valence-corrected chi connectivity index (χ2v) is 5.85. The molecule has 2 rings (SSSR count). The van der Waals surface area contributed by atoms with Crippen LogP contribution in [-0.4, -0.2) is 5.25 Å². The van der Waals surface area contributed by atoms with Crippen LogP contribution in [0.1, 0.15) is 44.2 Å². The van der Waals surface area contributed by atoms with E-state index in [4.69, 9.17) is 5.73 Å². The van der Waals surface area contributed by atoms with E-state index in [1.54, 1.807) is 17.8 Å². The summed E-state index contributed by atoms with van der Waals surface area (Å²) in [4.78, 5) is 0.774. The third-order valence-corrected chi connectivity index (χ3v) is 4.47. The summed E-state index contributed by atoms with van der Waals surface area (Å²) < 4.78 is 13.8. The molecule has 0 aromatic heterocycles. The Morgan fingerprint density at radius 1 is 1.38 bits per heavy atom. The molecule has 0 aliphatic heterocycles. The van der Waals surface area contributed by atoms with Crippen molar-refractivity contribution in [3.8, 4) is 0 Å². The molecule has 0 heterocycles. The van der Waals surface area contributed by atoms with Crippen LogP contribution in [0.5, 0.6) is 0 Å². The van der Waals surface area contributed by atoms with Crippen LogP contribution in [0.15, 0.2) is 23.1 Å². The van der Waals surface area contributed by atoms with Crippen molar-refractivity contribution < 1.29 is 4.39 Å². The van der Waals surface area contributed by atoms with Crippen LogP contribution in [0, 0.1) is 5.82 Å². The van der Waals surface area contributed by atoms with Gasteiger partial charge in [0.1, 0.15) is 5.82 Å². The van der Waals surface area contributed by atoms with E-state index >= 15 is 0 Å². The number of nitrogens with two attached hydrogens (primary N) is 1. The van der Waals surface area contributed by atoms with E-state index in [9.17, 15) is 4.39 Å². The van der Waals surface area contributed by atoms with E-state index in [0.717, 1.165) is 10.5 Å². The smallest absolute Gasteiger partial charge is 0.137 e. The summed E-state index contributed by atoms with van der Waals surface area (Å²) in [7, 11) is 0. The highest BCUT2D eigenvalue weighted by molar-refractivity contribution is 8.00. The lowest BCUT2D eigenvalue weighted by Gasteiger charge is -2.11. The molecule has 1 fully saturated rings. The second kappa shape index (κ2) is 5.19. The summed E-state index contributed by atoms with van der Waals surface area (Å²) in [5, 5.41) is 0.607. The highest BCUT2D eigenvalue weighted by Crippen LogP contribution is 2.36. The van der Waals surface area contributed by atoms with Crippen LogP contribution < -0.4 is 5.73 Å². The molecule has 1 atom stereocenters. The fourth-order valence-electron chi connectivity index (χ4n) is 2.08. The van der Waals surface area contributed by atoms with Gasteiger partial charge >= 0.3 is 0 Å². The standard InChI is InChI=1S/C13H18FNS/c1-9(15)10-6-7-13(12(14)8-10)16-11-4-2-3-5-11/h6-9,11H,2-5,15H2,1H3. The quantitative estimate of drug-likeness (QED) is 0.866. The van der Waals surface area contributed by atoms with Gasteiger partial charge in [0.2, 0.25) is 0 Å². The zero-order chi connectivity index (χ0) is 11.5. The molecule has 3 heteroatoms. The molecule has 1 saturated carbocycles. The van der Waals surface area contributed by atoms with E-state index < -0.39 is 0 Å². The summed E-state index contributed by atoms with van der Waals surface area (Å²) in [5.74, 6) is -0.119. The summed E-state index contributed by atoms with van der Waals surface area (Å²) in [5.41, 5.74) is 6.59. The lowest BCUT2D eigenvalue weighted by Crippen LogP contribution is -2.05. The van der Waals surface area contributed by atoms with Crippen molar-refractivity contribution in [2.24, 2.45) is 5.73 Å². The minimum Gasteiger partial charge on any atom is -0.324 e. The lowest BCUT2D eigenvalue weighted by atomic mass is 10.1. The number of benzene rings is 1. The van der Waals surface area contributed by atoms with Crippen molar-refractivity contribution in [3.05, 3.63) is 29.6 Å². The van der Waals surface area contributed by atoms with Crippen LogP contribution in [0.4, 0.5) is 4.39 Å². The summed E-state index contributed by atoms with van der Waals surface area (Å²) in [6, 6.07) is 5.28. The molecular weight excluding hydrogens is 221 g/mol. The minimum absolute atomic E-state index is 0.0972. The zero-order valence-electron chi connectivity index (χ0n) is 9.58. The molecule has 0 radical (unpaired) electrons. The summed E-state index contributed by atoms with van der Waals surface area (Å²) >= 11 is 1.68. The molecule has 1 aromatic rings. The average molecular weight is 239 g/mol. The predicted octanol–water partition coefficient (Wildman–Crippen LogP) is 3.88. The third-order valence-electron chi connectivity index (χ3n) is 3.08. The molecule has 0 saturated heterocycles. The van der Waals surface area contributed by atoms with Crippen molar-refractivity contribution in [1.29, 1.82) is 0 Å². The maximum atomic E-state index is 13.8. The van der Waals surface area contributed by atoms with Gasteiger partial charge in [-0.3, -0.25) is 0 Å². The van der Waals surface area contributed by atoms with Crippen LogP contribution in [0.3, 0.4) is 0 Å².